The van der Waals surface area contributed by atoms with Crippen LogP contribution in [-0.2, 0) is 4.74 Å². The number of rotatable bonds is 2. The molecule has 18 heavy (non-hydrogen) atoms. The summed E-state index contributed by atoms with van der Waals surface area (Å²) in [4.78, 5) is 17.6. The Hall–Kier alpha value is -1.95. The third-order valence-corrected chi connectivity index (χ3v) is 3.17. The highest BCUT2D eigenvalue weighted by atomic mass is 16.5. The smallest absolute Gasteiger partial charge is 0.167 e. The minimum absolute atomic E-state index is 0.288. The minimum Gasteiger partial charge on any atom is -0.377 e. The molecule has 1 atom stereocenters. The zero-order valence-electron chi connectivity index (χ0n) is 10.1. The van der Waals surface area contributed by atoms with Crippen molar-refractivity contribution in [2.75, 3.05) is 24.7 Å². The molecule has 0 aromatic carbocycles. The van der Waals surface area contributed by atoms with Crippen molar-refractivity contribution in [1.82, 2.24) is 14.6 Å². The van der Waals surface area contributed by atoms with Gasteiger partial charge in [-0.2, -0.15) is 5.10 Å². The minimum atomic E-state index is 0.288. The average molecular weight is 246 g/mol. The van der Waals surface area contributed by atoms with Gasteiger partial charge >= 0.3 is 0 Å². The van der Waals surface area contributed by atoms with E-state index in [-0.39, 0.29) is 6.04 Å². The molecule has 3 heterocycles. The first-order chi connectivity index (χ1) is 8.79. The van der Waals surface area contributed by atoms with Gasteiger partial charge in [-0.3, -0.25) is 4.79 Å². The zero-order chi connectivity index (χ0) is 12.5. The lowest BCUT2D eigenvalue weighted by atomic mass is 10.2. The van der Waals surface area contributed by atoms with Crippen LogP contribution in [0.5, 0.6) is 0 Å². The van der Waals surface area contributed by atoms with Crippen molar-refractivity contribution in [1.29, 1.82) is 0 Å². The maximum absolute atomic E-state index is 10.9. The molecule has 0 amide bonds. The van der Waals surface area contributed by atoms with Crippen LogP contribution >= 0.6 is 0 Å². The lowest BCUT2D eigenvalue weighted by molar-refractivity contribution is 0.0985. The van der Waals surface area contributed by atoms with E-state index >= 15 is 0 Å². The van der Waals surface area contributed by atoms with Gasteiger partial charge in [-0.1, -0.05) is 0 Å². The number of carbonyl (C=O) groups is 1. The van der Waals surface area contributed by atoms with Gasteiger partial charge in [-0.25, -0.2) is 9.50 Å². The van der Waals surface area contributed by atoms with Crippen LogP contribution in [-0.4, -0.2) is 46.7 Å². The number of nitrogens with zero attached hydrogens (tertiary/aromatic N) is 4. The summed E-state index contributed by atoms with van der Waals surface area (Å²) in [6, 6.07) is 2.20. The summed E-state index contributed by atoms with van der Waals surface area (Å²) in [5.74, 6) is 0.863. The molecule has 0 radical (unpaired) electrons. The fraction of sp³-hybridized carbons (Fsp3) is 0.417. The highest BCUT2D eigenvalue weighted by Crippen LogP contribution is 2.18. The van der Waals surface area contributed by atoms with Crippen molar-refractivity contribution in [3.8, 4) is 0 Å². The van der Waals surface area contributed by atoms with Crippen LogP contribution in [0, 0.1) is 0 Å². The first-order valence-electron chi connectivity index (χ1n) is 5.93. The van der Waals surface area contributed by atoms with Crippen LogP contribution in [0.15, 0.2) is 18.5 Å². The third-order valence-electron chi connectivity index (χ3n) is 3.17. The molecule has 1 saturated heterocycles. The number of ether oxygens (including phenoxy) is 1. The Kier molecular flexibility index (Phi) is 2.71. The molecule has 1 aliphatic rings. The monoisotopic (exact) mass is 246 g/mol. The fourth-order valence-electron chi connectivity index (χ4n) is 2.19. The van der Waals surface area contributed by atoms with E-state index in [9.17, 15) is 4.79 Å². The van der Waals surface area contributed by atoms with Gasteiger partial charge in [0, 0.05) is 12.7 Å². The normalized spacial score (nSPS) is 20.3. The molecule has 6 nitrogen and oxygen atoms in total. The number of hydrogen-bond acceptors (Lipinski definition) is 5. The fourth-order valence-corrected chi connectivity index (χ4v) is 2.19. The van der Waals surface area contributed by atoms with Crippen LogP contribution in [0.1, 0.15) is 17.3 Å². The number of hydrogen-bond donors (Lipinski definition) is 0. The first-order valence-corrected chi connectivity index (χ1v) is 5.93. The molecule has 0 spiro atoms. The molecule has 94 valence electrons. The van der Waals surface area contributed by atoms with E-state index in [0.717, 1.165) is 18.6 Å². The molecule has 0 saturated carbocycles. The van der Waals surface area contributed by atoms with Crippen LogP contribution in [0.3, 0.4) is 0 Å². The van der Waals surface area contributed by atoms with E-state index in [1.165, 1.54) is 6.20 Å². The molecule has 0 N–H and O–H groups in total. The SMILES string of the molecule is C[C@@H]1COCCN1c1ccn2ncc(C=O)c2n1. The summed E-state index contributed by atoms with van der Waals surface area (Å²) in [5.41, 5.74) is 1.11. The van der Waals surface area contributed by atoms with Gasteiger partial charge in [0.2, 0.25) is 0 Å². The number of anilines is 1. The number of carbonyl (C=O) groups excluding carboxylic acids is 1. The van der Waals surface area contributed by atoms with Crippen molar-refractivity contribution in [2.24, 2.45) is 0 Å². The maximum Gasteiger partial charge on any atom is 0.167 e. The molecule has 2 aromatic rings. The van der Waals surface area contributed by atoms with Gasteiger partial charge in [0.05, 0.1) is 31.0 Å². The molecule has 1 fully saturated rings. The largest absolute Gasteiger partial charge is 0.377 e. The summed E-state index contributed by atoms with van der Waals surface area (Å²) >= 11 is 0. The Balaban J connectivity index is 2.03. The average Bonchev–Trinajstić information content (AvgIpc) is 2.81. The van der Waals surface area contributed by atoms with Gasteiger partial charge in [0.25, 0.3) is 0 Å². The molecule has 2 aromatic heterocycles. The number of aldehydes is 1. The lowest BCUT2D eigenvalue weighted by Gasteiger charge is -2.34. The zero-order valence-corrected chi connectivity index (χ0v) is 10.1. The third kappa shape index (κ3) is 1.74. The highest BCUT2D eigenvalue weighted by molar-refractivity contribution is 5.84. The van der Waals surface area contributed by atoms with Crippen LogP contribution < -0.4 is 4.90 Å². The van der Waals surface area contributed by atoms with Gasteiger partial charge < -0.3 is 9.64 Å². The summed E-state index contributed by atoms with van der Waals surface area (Å²) in [7, 11) is 0. The molecule has 0 unspecified atom stereocenters. The molecule has 6 heteroatoms. The van der Waals surface area contributed by atoms with Crippen molar-refractivity contribution in [3.05, 3.63) is 24.0 Å². The summed E-state index contributed by atoms with van der Waals surface area (Å²) in [5, 5.41) is 4.07. The summed E-state index contributed by atoms with van der Waals surface area (Å²) in [6.45, 7) is 4.32. The summed E-state index contributed by atoms with van der Waals surface area (Å²) in [6.07, 6.45) is 4.14. The van der Waals surface area contributed by atoms with Gasteiger partial charge in [0.1, 0.15) is 5.82 Å². The molecule has 0 bridgehead atoms. The summed E-state index contributed by atoms with van der Waals surface area (Å²) < 4.78 is 7.02. The van der Waals surface area contributed by atoms with Crippen molar-refractivity contribution < 1.29 is 9.53 Å². The predicted octanol–water partition coefficient (Wildman–Crippen LogP) is 0.767. The second kappa shape index (κ2) is 4.38. The molecule has 0 aliphatic carbocycles. The van der Waals surface area contributed by atoms with E-state index in [0.29, 0.717) is 24.4 Å². The van der Waals surface area contributed by atoms with E-state index in [1.807, 2.05) is 12.3 Å². The van der Waals surface area contributed by atoms with E-state index in [2.05, 4.69) is 21.9 Å². The quantitative estimate of drug-likeness (QED) is 0.732. The van der Waals surface area contributed by atoms with Crippen LogP contribution in [0.2, 0.25) is 0 Å². The molecule has 1 aliphatic heterocycles. The van der Waals surface area contributed by atoms with Crippen LogP contribution in [0.25, 0.3) is 5.65 Å². The molecular weight excluding hydrogens is 232 g/mol. The Morgan fingerprint density at radius 2 is 2.44 bits per heavy atom. The molecule has 3 rings (SSSR count). The Morgan fingerprint density at radius 1 is 1.56 bits per heavy atom. The van der Waals surface area contributed by atoms with Gasteiger partial charge in [-0.15, -0.1) is 0 Å². The second-order valence-electron chi connectivity index (χ2n) is 4.39. The molecular formula is C12H14N4O2. The van der Waals surface area contributed by atoms with Gasteiger partial charge in [0.15, 0.2) is 11.9 Å². The van der Waals surface area contributed by atoms with E-state index in [1.54, 1.807) is 4.52 Å². The standard InChI is InChI=1S/C12H14N4O2/c1-9-8-18-5-4-15(9)11-2-3-16-12(14-11)10(7-17)6-13-16/h2-3,6-7,9H,4-5,8H2,1H3/t9-/m1/s1. The Labute approximate surface area is 104 Å². The first kappa shape index (κ1) is 11.2. The predicted molar refractivity (Wildman–Crippen MR) is 66.0 cm³/mol. The Bertz CT molecular complexity index is 580. The highest BCUT2D eigenvalue weighted by Gasteiger charge is 2.20. The van der Waals surface area contributed by atoms with E-state index in [4.69, 9.17) is 4.74 Å². The van der Waals surface area contributed by atoms with Crippen molar-refractivity contribution in [2.45, 2.75) is 13.0 Å². The lowest BCUT2D eigenvalue weighted by Crippen LogP contribution is -2.44. The number of morpholine rings is 1. The second-order valence-corrected chi connectivity index (χ2v) is 4.39. The van der Waals surface area contributed by atoms with Crippen molar-refractivity contribution >= 4 is 17.8 Å². The maximum atomic E-state index is 10.9. The topological polar surface area (TPSA) is 59.7 Å². The van der Waals surface area contributed by atoms with Crippen molar-refractivity contribution in [3.63, 3.8) is 0 Å². The number of aromatic nitrogens is 3. The van der Waals surface area contributed by atoms with Crippen LogP contribution in [0.4, 0.5) is 5.82 Å². The number of fused-ring (bicyclic) bond motifs is 1. The van der Waals surface area contributed by atoms with Gasteiger partial charge in [-0.05, 0) is 13.0 Å². The Morgan fingerprint density at radius 3 is 3.22 bits per heavy atom. The van der Waals surface area contributed by atoms with E-state index < -0.39 is 0 Å².